The molecule has 170 valence electrons. The molecular weight excluding hydrogens is 420 g/mol. The largest absolute Gasteiger partial charge is 0.461 e. The third-order valence-corrected chi connectivity index (χ3v) is 6.04. The van der Waals surface area contributed by atoms with E-state index in [1.54, 1.807) is 0 Å². The zero-order valence-electron chi connectivity index (χ0n) is 19.0. The Balaban J connectivity index is 1.64. The van der Waals surface area contributed by atoms with Crippen LogP contribution in [0, 0.1) is 5.92 Å². The molecule has 0 aliphatic rings. The smallest absolute Gasteiger partial charge is 0.310 e. The van der Waals surface area contributed by atoms with Crippen LogP contribution >= 0.6 is 0 Å². The minimum Gasteiger partial charge on any atom is -0.461 e. The van der Waals surface area contributed by atoms with Gasteiger partial charge >= 0.3 is 5.97 Å². The Hall–Kier alpha value is -3.98. The SMILES string of the molecule is O=C(C[C@H](c1ccccc1)C(Cc1ccccc1)C(=O)OCc1ccccc1)c1ccccc1. The molecule has 3 nitrogen and oxygen atoms in total. The molecule has 2 atom stereocenters. The first-order valence-corrected chi connectivity index (χ1v) is 11.6. The highest BCUT2D eigenvalue weighted by molar-refractivity contribution is 5.97. The van der Waals surface area contributed by atoms with Gasteiger partial charge in [0, 0.05) is 17.9 Å². The van der Waals surface area contributed by atoms with E-state index in [0.29, 0.717) is 12.0 Å². The van der Waals surface area contributed by atoms with Crippen molar-refractivity contribution in [3.8, 4) is 0 Å². The number of benzene rings is 4. The maximum Gasteiger partial charge on any atom is 0.310 e. The predicted molar refractivity (Wildman–Crippen MR) is 134 cm³/mol. The maximum atomic E-state index is 13.5. The van der Waals surface area contributed by atoms with Gasteiger partial charge in [0.15, 0.2) is 5.78 Å². The van der Waals surface area contributed by atoms with E-state index in [0.717, 1.165) is 16.7 Å². The summed E-state index contributed by atoms with van der Waals surface area (Å²) in [5, 5.41) is 0. The molecule has 0 saturated heterocycles. The van der Waals surface area contributed by atoms with Crippen molar-refractivity contribution in [1.29, 1.82) is 0 Å². The monoisotopic (exact) mass is 448 g/mol. The van der Waals surface area contributed by atoms with E-state index in [9.17, 15) is 9.59 Å². The number of Topliss-reactive ketones (excluding diaryl/α,β-unsaturated/α-hetero) is 1. The average molecular weight is 449 g/mol. The fourth-order valence-corrected chi connectivity index (χ4v) is 4.23. The Morgan fingerprint density at radius 1 is 0.618 bits per heavy atom. The first-order valence-electron chi connectivity index (χ1n) is 11.6. The van der Waals surface area contributed by atoms with Crippen molar-refractivity contribution in [2.24, 2.45) is 5.92 Å². The van der Waals surface area contributed by atoms with E-state index in [1.165, 1.54) is 0 Å². The summed E-state index contributed by atoms with van der Waals surface area (Å²) in [6.45, 7) is 0.207. The van der Waals surface area contributed by atoms with Gasteiger partial charge in [-0.05, 0) is 23.1 Å². The van der Waals surface area contributed by atoms with Crippen LogP contribution in [0.4, 0.5) is 0 Å². The van der Waals surface area contributed by atoms with Crippen LogP contribution in [0.5, 0.6) is 0 Å². The third-order valence-electron chi connectivity index (χ3n) is 6.04. The molecule has 0 radical (unpaired) electrons. The number of hydrogen-bond donors (Lipinski definition) is 0. The second kappa shape index (κ2) is 11.8. The summed E-state index contributed by atoms with van der Waals surface area (Å²) in [6.07, 6.45) is 0.724. The summed E-state index contributed by atoms with van der Waals surface area (Å²) in [5.41, 5.74) is 3.59. The average Bonchev–Trinajstić information content (AvgIpc) is 2.91. The molecule has 34 heavy (non-hydrogen) atoms. The van der Waals surface area contributed by atoms with Crippen molar-refractivity contribution < 1.29 is 14.3 Å². The van der Waals surface area contributed by atoms with Gasteiger partial charge in [-0.15, -0.1) is 0 Å². The minimum atomic E-state index is -0.499. The number of rotatable bonds is 10. The van der Waals surface area contributed by atoms with Crippen LogP contribution in [0.1, 0.15) is 39.4 Å². The van der Waals surface area contributed by atoms with Gasteiger partial charge in [-0.3, -0.25) is 9.59 Å². The number of carbonyl (C=O) groups excluding carboxylic acids is 2. The topological polar surface area (TPSA) is 43.4 Å². The van der Waals surface area contributed by atoms with Crippen molar-refractivity contribution in [3.05, 3.63) is 144 Å². The maximum absolute atomic E-state index is 13.5. The summed E-state index contributed by atoms with van der Waals surface area (Å²) in [7, 11) is 0. The van der Waals surface area contributed by atoms with Crippen LogP contribution < -0.4 is 0 Å². The molecule has 0 aliphatic carbocycles. The molecule has 0 N–H and O–H groups in total. The summed E-state index contributed by atoms with van der Waals surface area (Å²) in [4.78, 5) is 26.8. The molecule has 0 aromatic heterocycles. The van der Waals surface area contributed by atoms with E-state index in [1.807, 2.05) is 121 Å². The Morgan fingerprint density at radius 3 is 1.71 bits per heavy atom. The molecule has 0 aliphatic heterocycles. The lowest BCUT2D eigenvalue weighted by Gasteiger charge is -2.26. The van der Waals surface area contributed by atoms with Crippen LogP contribution in [0.15, 0.2) is 121 Å². The van der Waals surface area contributed by atoms with Crippen LogP contribution in [0.25, 0.3) is 0 Å². The van der Waals surface area contributed by atoms with Crippen LogP contribution in [-0.2, 0) is 22.6 Å². The van der Waals surface area contributed by atoms with Crippen molar-refractivity contribution >= 4 is 11.8 Å². The van der Waals surface area contributed by atoms with Gasteiger partial charge in [0.1, 0.15) is 6.61 Å². The Bertz CT molecular complexity index is 1170. The summed E-state index contributed by atoms with van der Waals surface area (Å²) in [6, 6.07) is 38.7. The van der Waals surface area contributed by atoms with Gasteiger partial charge < -0.3 is 4.74 Å². The molecule has 4 aromatic rings. The molecule has 4 rings (SSSR count). The number of carbonyl (C=O) groups is 2. The number of ether oxygens (including phenoxy) is 1. The number of hydrogen-bond acceptors (Lipinski definition) is 3. The molecule has 1 unspecified atom stereocenters. The highest BCUT2D eigenvalue weighted by Crippen LogP contribution is 2.33. The highest BCUT2D eigenvalue weighted by atomic mass is 16.5. The minimum absolute atomic E-state index is 0.0170. The fraction of sp³-hybridized carbons (Fsp3) is 0.161. The molecule has 0 fully saturated rings. The lowest BCUT2D eigenvalue weighted by Crippen LogP contribution is -2.28. The van der Waals surface area contributed by atoms with E-state index < -0.39 is 5.92 Å². The third kappa shape index (κ3) is 6.29. The van der Waals surface area contributed by atoms with Crippen molar-refractivity contribution in [2.75, 3.05) is 0 Å². The van der Waals surface area contributed by atoms with Crippen LogP contribution in [0.2, 0.25) is 0 Å². The van der Waals surface area contributed by atoms with Crippen molar-refractivity contribution in [1.82, 2.24) is 0 Å². The molecular formula is C31H28O3. The molecule has 0 spiro atoms. The molecule has 4 aromatic carbocycles. The van der Waals surface area contributed by atoms with Gasteiger partial charge in [0.05, 0.1) is 5.92 Å². The Morgan fingerprint density at radius 2 is 1.12 bits per heavy atom. The Kier molecular flexibility index (Phi) is 8.02. The standard InChI is InChI=1S/C31H28O3/c32-30(27-19-11-4-12-20-27)22-28(26-17-9-3-10-18-26)29(21-24-13-5-1-6-14-24)31(33)34-23-25-15-7-2-8-16-25/h1-20,28-29H,21-23H2/t28-,29?/m1/s1. The molecule has 0 amide bonds. The van der Waals surface area contributed by atoms with E-state index in [2.05, 4.69) is 0 Å². The second-order valence-electron chi connectivity index (χ2n) is 8.40. The predicted octanol–water partition coefficient (Wildman–Crippen LogP) is 6.65. The number of ketones is 1. The van der Waals surface area contributed by atoms with Crippen LogP contribution in [0.3, 0.4) is 0 Å². The number of esters is 1. The van der Waals surface area contributed by atoms with E-state index in [-0.39, 0.29) is 30.7 Å². The van der Waals surface area contributed by atoms with Gasteiger partial charge in [-0.2, -0.15) is 0 Å². The first-order chi connectivity index (χ1) is 16.7. The summed E-state index contributed by atoms with van der Waals surface area (Å²) < 4.78 is 5.80. The zero-order valence-corrected chi connectivity index (χ0v) is 19.0. The van der Waals surface area contributed by atoms with E-state index >= 15 is 0 Å². The first kappa shape index (κ1) is 23.2. The van der Waals surface area contributed by atoms with Gasteiger partial charge in [0.25, 0.3) is 0 Å². The van der Waals surface area contributed by atoms with Crippen molar-refractivity contribution in [3.63, 3.8) is 0 Å². The molecule has 3 heteroatoms. The summed E-state index contributed by atoms with van der Waals surface area (Å²) in [5.74, 6) is -1.08. The Labute approximate surface area is 201 Å². The summed E-state index contributed by atoms with van der Waals surface area (Å²) >= 11 is 0. The normalized spacial score (nSPS) is 12.5. The molecule has 0 heterocycles. The lowest BCUT2D eigenvalue weighted by molar-refractivity contribution is -0.150. The fourth-order valence-electron chi connectivity index (χ4n) is 4.23. The second-order valence-corrected chi connectivity index (χ2v) is 8.40. The van der Waals surface area contributed by atoms with Crippen molar-refractivity contribution in [2.45, 2.75) is 25.4 Å². The van der Waals surface area contributed by atoms with Gasteiger partial charge in [0.2, 0.25) is 0 Å². The van der Waals surface area contributed by atoms with Crippen LogP contribution in [-0.4, -0.2) is 11.8 Å². The highest BCUT2D eigenvalue weighted by Gasteiger charge is 2.33. The molecule has 0 bridgehead atoms. The van der Waals surface area contributed by atoms with Gasteiger partial charge in [-0.1, -0.05) is 121 Å². The van der Waals surface area contributed by atoms with Gasteiger partial charge in [-0.25, -0.2) is 0 Å². The quantitative estimate of drug-likeness (QED) is 0.202. The molecule has 0 saturated carbocycles. The zero-order chi connectivity index (χ0) is 23.6. The lowest BCUT2D eigenvalue weighted by atomic mass is 9.78. The van der Waals surface area contributed by atoms with E-state index in [4.69, 9.17) is 4.74 Å².